The van der Waals surface area contributed by atoms with Gasteiger partial charge in [0.05, 0.1) is 16.6 Å². The molecule has 1 spiro atoms. The van der Waals surface area contributed by atoms with Gasteiger partial charge in [0.2, 0.25) is 17.7 Å². The number of carbonyl (C=O) groups is 3. The summed E-state index contributed by atoms with van der Waals surface area (Å²) in [6, 6.07) is 8.78. The van der Waals surface area contributed by atoms with Crippen LogP contribution >= 0.6 is 27.7 Å². The third kappa shape index (κ3) is 5.20. The van der Waals surface area contributed by atoms with Crippen molar-refractivity contribution in [2.75, 3.05) is 18.5 Å². The van der Waals surface area contributed by atoms with Crippen molar-refractivity contribution < 1.29 is 19.5 Å². The van der Waals surface area contributed by atoms with Gasteiger partial charge in [-0.2, -0.15) is 0 Å². The first kappa shape index (κ1) is 27.5. The molecule has 0 aliphatic carbocycles. The Hall–Kier alpha value is -1.58. The van der Waals surface area contributed by atoms with Gasteiger partial charge in [-0.3, -0.25) is 14.4 Å². The van der Waals surface area contributed by atoms with Crippen molar-refractivity contribution in [3.8, 4) is 0 Å². The molecule has 3 saturated heterocycles. The van der Waals surface area contributed by atoms with E-state index in [0.717, 1.165) is 38.5 Å². The number of hydrogen-bond donors (Lipinski definition) is 3. The highest BCUT2D eigenvalue weighted by Crippen LogP contribution is 2.67. The van der Waals surface area contributed by atoms with Crippen molar-refractivity contribution in [3.05, 3.63) is 30.3 Å². The van der Waals surface area contributed by atoms with E-state index >= 15 is 0 Å². The van der Waals surface area contributed by atoms with Crippen molar-refractivity contribution in [2.45, 2.75) is 85.7 Å². The largest absolute Gasteiger partial charge is 0.396 e. The molecule has 1 aromatic rings. The molecule has 3 N–H and O–H groups in total. The van der Waals surface area contributed by atoms with E-state index in [9.17, 15) is 14.4 Å². The molecule has 36 heavy (non-hydrogen) atoms. The first-order chi connectivity index (χ1) is 17.3. The second kappa shape index (κ2) is 11.9. The summed E-state index contributed by atoms with van der Waals surface area (Å²) in [7, 11) is 0. The number of nitrogens with zero attached hydrogens (tertiary/aromatic N) is 1. The van der Waals surface area contributed by atoms with E-state index in [0.29, 0.717) is 18.7 Å². The van der Waals surface area contributed by atoms with Gasteiger partial charge >= 0.3 is 0 Å². The van der Waals surface area contributed by atoms with Gasteiger partial charge in [0.25, 0.3) is 0 Å². The lowest BCUT2D eigenvalue weighted by Crippen LogP contribution is -2.55. The average Bonchev–Trinajstić information content (AvgIpc) is 3.43. The van der Waals surface area contributed by atoms with Crippen LogP contribution in [-0.4, -0.2) is 67.8 Å². The standard InChI is InChI=1S/C27H38BrN3O4S/c1-3-11-17(2)29-25(34)23-27-16-19(28)22(36-27)20(24(33)30-18-12-7-6-8-13-18)21(27)26(35)31(23)14-9-4-5-10-15-32/h6-8,12-13,17,19-23,32H,3-5,9-11,14-16H2,1-2H3,(H,29,34)(H,30,33)/t17?,19?,20-,21-,22-,23?,27?/m0/s1. The zero-order valence-electron chi connectivity index (χ0n) is 21.1. The molecule has 4 rings (SSSR count). The minimum atomic E-state index is -0.615. The predicted molar refractivity (Wildman–Crippen MR) is 147 cm³/mol. The number of halogens is 1. The van der Waals surface area contributed by atoms with Crippen LogP contribution in [0.5, 0.6) is 0 Å². The number of unbranched alkanes of at least 4 members (excludes halogenated alkanes) is 3. The van der Waals surface area contributed by atoms with Crippen LogP contribution in [0.4, 0.5) is 5.69 Å². The Morgan fingerprint density at radius 2 is 1.92 bits per heavy atom. The highest BCUT2D eigenvalue weighted by molar-refractivity contribution is 9.09. The number of nitrogens with one attached hydrogen (secondary N) is 2. The van der Waals surface area contributed by atoms with Crippen molar-refractivity contribution in [2.24, 2.45) is 11.8 Å². The smallest absolute Gasteiger partial charge is 0.244 e. The normalized spacial score (nSPS) is 31.4. The Morgan fingerprint density at radius 1 is 1.19 bits per heavy atom. The number of thioether (sulfide) groups is 1. The maximum Gasteiger partial charge on any atom is 0.244 e. The highest BCUT2D eigenvalue weighted by Gasteiger charge is 2.75. The molecule has 7 atom stereocenters. The van der Waals surface area contributed by atoms with Crippen molar-refractivity contribution >= 4 is 51.1 Å². The maximum absolute atomic E-state index is 14.0. The lowest BCUT2D eigenvalue weighted by molar-refractivity contribution is -0.139. The molecule has 3 amide bonds. The summed E-state index contributed by atoms with van der Waals surface area (Å²) in [4.78, 5) is 43.1. The molecule has 3 aliphatic rings. The van der Waals surface area contributed by atoms with Crippen LogP contribution in [0.25, 0.3) is 0 Å². The van der Waals surface area contributed by atoms with E-state index in [1.165, 1.54) is 0 Å². The Kier molecular flexibility index (Phi) is 9.05. The number of aliphatic hydroxyl groups is 1. The van der Waals surface area contributed by atoms with Gasteiger partial charge in [-0.15, -0.1) is 11.8 Å². The van der Waals surface area contributed by atoms with Crippen LogP contribution in [0.2, 0.25) is 0 Å². The van der Waals surface area contributed by atoms with Gasteiger partial charge in [-0.25, -0.2) is 0 Å². The van der Waals surface area contributed by atoms with Crippen LogP contribution in [-0.2, 0) is 14.4 Å². The second-order valence-electron chi connectivity index (χ2n) is 10.4. The first-order valence-corrected chi connectivity index (χ1v) is 15.0. The van der Waals surface area contributed by atoms with Crippen molar-refractivity contribution in [1.82, 2.24) is 10.2 Å². The molecular weight excluding hydrogens is 542 g/mol. The second-order valence-corrected chi connectivity index (χ2v) is 13.1. The van der Waals surface area contributed by atoms with Gasteiger partial charge in [-0.1, -0.05) is 60.3 Å². The van der Waals surface area contributed by atoms with Crippen LogP contribution in [0.1, 0.15) is 58.8 Å². The molecule has 1 aromatic carbocycles. The molecule has 9 heteroatoms. The summed E-state index contributed by atoms with van der Waals surface area (Å²) in [5, 5.41) is 15.2. The van der Waals surface area contributed by atoms with Gasteiger partial charge in [0.1, 0.15) is 6.04 Å². The number of benzene rings is 1. The number of carbonyl (C=O) groups excluding carboxylic acids is 3. The van der Waals surface area contributed by atoms with E-state index in [1.54, 1.807) is 16.7 Å². The quantitative estimate of drug-likeness (QED) is 0.257. The van der Waals surface area contributed by atoms with Crippen LogP contribution < -0.4 is 10.6 Å². The maximum atomic E-state index is 14.0. The van der Waals surface area contributed by atoms with Crippen molar-refractivity contribution in [3.63, 3.8) is 0 Å². The molecule has 0 aromatic heterocycles. The average molecular weight is 581 g/mol. The van der Waals surface area contributed by atoms with E-state index in [2.05, 4.69) is 33.5 Å². The summed E-state index contributed by atoms with van der Waals surface area (Å²) >= 11 is 5.48. The number of alkyl halides is 1. The number of anilines is 1. The molecule has 0 saturated carbocycles. The number of amides is 3. The minimum Gasteiger partial charge on any atom is -0.396 e. The SMILES string of the molecule is CCCC(C)NC(=O)C1N(CCCCCCO)C(=O)[C@@H]2[C@H](C(=O)Nc3ccccc3)[C@H]3SC12CC3Br. The lowest BCUT2D eigenvalue weighted by atomic mass is 9.70. The summed E-state index contributed by atoms with van der Waals surface area (Å²) in [6.45, 7) is 4.76. The third-order valence-electron chi connectivity index (χ3n) is 7.80. The molecule has 3 heterocycles. The fourth-order valence-corrected chi connectivity index (χ4v) is 9.91. The molecule has 3 aliphatic heterocycles. The molecule has 0 radical (unpaired) electrons. The monoisotopic (exact) mass is 579 g/mol. The minimum absolute atomic E-state index is 0.0278. The van der Waals surface area contributed by atoms with Gasteiger partial charge < -0.3 is 20.6 Å². The van der Waals surface area contributed by atoms with Crippen LogP contribution in [0, 0.1) is 11.8 Å². The third-order valence-corrected chi connectivity index (χ3v) is 11.0. The number of para-hydroxylation sites is 1. The van der Waals surface area contributed by atoms with E-state index in [4.69, 9.17) is 5.11 Å². The van der Waals surface area contributed by atoms with Crippen LogP contribution in [0.15, 0.2) is 30.3 Å². The van der Waals surface area contributed by atoms with Gasteiger partial charge in [0, 0.05) is 35.0 Å². The van der Waals surface area contributed by atoms with Crippen LogP contribution in [0.3, 0.4) is 0 Å². The van der Waals surface area contributed by atoms with E-state index in [-0.39, 0.29) is 40.4 Å². The molecule has 3 fully saturated rings. The van der Waals surface area contributed by atoms with Crippen molar-refractivity contribution in [1.29, 1.82) is 0 Å². The van der Waals surface area contributed by atoms with Gasteiger partial charge in [0.15, 0.2) is 0 Å². The molecule has 4 unspecified atom stereocenters. The Balaban J connectivity index is 1.61. The first-order valence-electron chi connectivity index (χ1n) is 13.2. The summed E-state index contributed by atoms with van der Waals surface area (Å²) in [6.07, 6.45) is 5.82. The molecular formula is C27H38BrN3O4S. The van der Waals surface area contributed by atoms with E-state index < -0.39 is 22.6 Å². The summed E-state index contributed by atoms with van der Waals surface area (Å²) in [5.41, 5.74) is 0.712. The number of likely N-dealkylation sites (tertiary alicyclic amines) is 1. The summed E-state index contributed by atoms with van der Waals surface area (Å²) < 4.78 is -0.615. The molecule has 7 nitrogen and oxygen atoms in total. The Bertz CT molecular complexity index is 950. The Labute approximate surface area is 226 Å². The number of fused-ring (bicyclic) bond motifs is 1. The van der Waals surface area contributed by atoms with Gasteiger partial charge in [-0.05, 0) is 44.7 Å². The summed E-state index contributed by atoms with van der Waals surface area (Å²) in [5.74, 6) is -1.32. The topological polar surface area (TPSA) is 98.7 Å². The number of aliphatic hydroxyl groups excluding tert-OH is 1. The zero-order chi connectivity index (χ0) is 25.9. The Morgan fingerprint density at radius 3 is 2.61 bits per heavy atom. The lowest BCUT2D eigenvalue weighted by Gasteiger charge is -2.36. The fraction of sp³-hybridized carbons (Fsp3) is 0.667. The highest BCUT2D eigenvalue weighted by atomic mass is 79.9. The zero-order valence-corrected chi connectivity index (χ0v) is 23.5. The van der Waals surface area contributed by atoms with E-state index in [1.807, 2.05) is 37.3 Å². The number of rotatable bonds is 12. The molecule has 198 valence electrons. The number of hydrogen-bond acceptors (Lipinski definition) is 5. The predicted octanol–water partition coefficient (Wildman–Crippen LogP) is 3.95. The molecule has 2 bridgehead atoms. The fourth-order valence-electron chi connectivity index (χ4n) is 6.29.